The van der Waals surface area contributed by atoms with E-state index in [1.54, 1.807) is 19.3 Å². The number of aromatic nitrogens is 4. The van der Waals surface area contributed by atoms with Crippen molar-refractivity contribution in [2.24, 2.45) is 0 Å². The Morgan fingerprint density at radius 3 is 2.43 bits per heavy atom. The van der Waals surface area contributed by atoms with Crippen LogP contribution >= 0.6 is 0 Å². The third-order valence-electron chi connectivity index (χ3n) is 6.65. The quantitative estimate of drug-likeness (QED) is 0.393. The van der Waals surface area contributed by atoms with Crippen LogP contribution in [0.5, 0.6) is 0 Å². The number of nitrogens with one attached hydrogen (secondary N) is 3. The number of carbonyl (C=O) groups is 1. The summed E-state index contributed by atoms with van der Waals surface area (Å²) in [5.41, 5.74) is 5.00. The van der Waals surface area contributed by atoms with E-state index in [1.165, 1.54) is 0 Å². The van der Waals surface area contributed by atoms with Crippen molar-refractivity contribution >= 4 is 40.1 Å². The third-order valence-corrected chi connectivity index (χ3v) is 6.65. The Kier molecular flexibility index (Phi) is 5.44. The molecule has 1 amide bonds. The minimum Gasteiger partial charge on any atom is -0.368 e. The van der Waals surface area contributed by atoms with E-state index in [1.807, 2.05) is 35.4 Å². The van der Waals surface area contributed by atoms with E-state index < -0.39 is 0 Å². The van der Waals surface area contributed by atoms with Crippen molar-refractivity contribution in [2.75, 3.05) is 41.7 Å². The SMILES string of the molecule is CC(=O)N1CCN(c2ccc(Nc3nc(NC4CC4)c4c(-c5ccncc5)c[nH]c4n3)cc2)CC1. The average molecular weight is 469 g/mol. The summed E-state index contributed by atoms with van der Waals surface area (Å²) in [6, 6.07) is 12.8. The van der Waals surface area contributed by atoms with Crippen LogP contribution in [0, 0.1) is 0 Å². The molecule has 0 atom stereocenters. The smallest absolute Gasteiger partial charge is 0.231 e. The van der Waals surface area contributed by atoms with Gasteiger partial charge in [0.2, 0.25) is 11.9 Å². The lowest BCUT2D eigenvalue weighted by Gasteiger charge is -2.35. The van der Waals surface area contributed by atoms with E-state index in [4.69, 9.17) is 9.97 Å². The Morgan fingerprint density at radius 1 is 1.00 bits per heavy atom. The first-order valence-electron chi connectivity index (χ1n) is 12.1. The topological polar surface area (TPSA) is 102 Å². The molecule has 0 bridgehead atoms. The van der Waals surface area contributed by atoms with Gasteiger partial charge < -0.3 is 25.4 Å². The normalized spacial score (nSPS) is 15.9. The molecule has 1 saturated carbocycles. The van der Waals surface area contributed by atoms with Gasteiger partial charge >= 0.3 is 0 Å². The number of fused-ring (bicyclic) bond motifs is 1. The first kappa shape index (κ1) is 21.4. The lowest BCUT2D eigenvalue weighted by atomic mass is 10.1. The van der Waals surface area contributed by atoms with Gasteiger partial charge in [-0.2, -0.15) is 9.97 Å². The lowest BCUT2D eigenvalue weighted by molar-refractivity contribution is -0.129. The predicted octanol–water partition coefficient (Wildman–Crippen LogP) is 4.01. The molecule has 1 aliphatic carbocycles. The third kappa shape index (κ3) is 4.49. The number of nitrogens with zero attached hydrogens (tertiary/aromatic N) is 5. The van der Waals surface area contributed by atoms with Crippen molar-refractivity contribution in [3.05, 3.63) is 55.0 Å². The molecule has 9 heteroatoms. The van der Waals surface area contributed by atoms with Gasteiger partial charge in [-0.25, -0.2) is 0 Å². The number of benzene rings is 1. The molecule has 0 radical (unpaired) electrons. The van der Waals surface area contributed by atoms with Gasteiger partial charge in [0.1, 0.15) is 11.5 Å². The van der Waals surface area contributed by atoms with Gasteiger partial charge in [-0.1, -0.05) is 0 Å². The van der Waals surface area contributed by atoms with Crippen LogP contribution in [0.15, 0.2) is 55.0 Å². The fourth-order valence-corrected chi connectivity index (χ4v) is 4.54. The van der Waals surface area contributed by atoms with Gasteiger partial charge in [0, 0.05) is 74.7 Å². The van der Waals surface area contributed by atoms with E-state index in [2.05, 4.69) is 37.6 Å². The highest BCUT2D eigenvalue weighted by Crippen LogP contribution is 2.35. The van der Waals surface area contributed by atoms with Crippen molar-refractivity contribution in [2.45, 2.75) is 25.8 Å². The Hall–Kier alpha value is -4.14. The number of piperazine rings is 1. The molecule has 9 nitrogen and oxygen atoms in total. The van der Waals surface area contributed by atoms with Crippen molar-refractivity contribution in [3.63, 3.8) is 0 Å². The molecular formula is C26H28N8O. The lowest BCUT2D eigenvalue weighted by Crippen LogP contribution is -2.48. The Labute approximate surface area is 203 Å². The van der Waals surface area contributed by atoms with Crippen molar-refractivity contribution in [1.29, 1.82) is 0 Å². The summed E-state index contributed by atoms with van der Waals surface area (Å²) in [4.78, 5) is 32.9. The van der Waals surface area contributed by atoms with Crippen LogP contribution in [0.2, 0.25) is 0 Å². The van der Waals surface area contributed by atoms with Gasteiger partial charge in [0.25, 0.3) is 0 Å². The Bertz CT molecular complexity index is 1340. The minimum atomic E-state index is 0.145. The Morgan fingerprint density at radius 2 is 1.74 bits per heavy atom. The number of carbonyl (C=O) groups excluding carboxylic acids is 1. The van der Waals surface area contributed by atoms with Crippen LogP contribution in [-0.2, 0) is 4.79 Å². The number of pyridine rings is 1. The van der Waals surface area contributed by atoms with E-state index in [0.717, 1.165) is 78.4 Å². The van der Waals surface area contributed by atoms with Crippen molar-refractivity contribution in [3.8, 4) is 11.1 Å². The van der Waals surface area contributed by atoms with Gasteiger partial charge in [0.05, 0.1) is 5.39 Å². The maximum Gasteiger partial charge on any atom is 0.231 e. The molecule has 2 fully saturated rings. The van der Waals surface area contributed by atoms with E-state index >= 15 is 0 Å². The monoisotopic (exact) mass is 468 g/mol. The van der Waals surface area contributed by atoms with Crippen LogP contribution in [-0.4, -0.2) is 63.0 Å². The van der Waals surface area contributed by atoms with Gasteiger partial charge in [-0.05, 0) is 54.8 Å². The van der Waals surface area contributed by atoms with E-state index in [-0.39, 0.29) is 5.91 Å². The second-order valence-electron chi connectivity index (χ2n) is 9.14. The zero-order valence-electron chi connectivity index (χ0n) is 19.7. The molecule has 0 unspecified atom stereocenters. The maximum atomic E-state index is 11.6. The highest BCUT2D eigenvalue weighted by molar-refractivity contribution is 6.01. The summed E-state index contributed by atoms with van der Waals surface area (Å²) >= 11 is 0. The van der Waals surface area contributed by atoms with Gasteiger partial charge in [-0.3, -0.25) is 9.78 Å². The Balaban J connectivity index is 1.24. The van der Waals surface area contributed by atoms with E-state index in [0.29, 0.717) is 12.0 Å². The van der Waals surface area contributed by atoms with Crippen LogP contribution in [0.3, 0.4) is 0 Å². The predicted molar refractivity (Wildman–Crippen MR) is 138 cm³/mol. The minimum absolute atomic E-state index is 0.145. The number of anilines is 4. The van der Waals surface area contributed by atoms with Crippen molar-refractivity contribution < 1.29 is 4.79 Å². The largest absolute Gasteiger partial charge is 0.368 e. The summed E-state index contributed by atoms with van der Waals surface area (Å²) in [6.45, 7) is 4.84. The number of aromatic amines is 1. The summed E-state index contributed by atoms with van der Waals surface area (Å²) < 4.78 is 0. The highest BCUT2D eigenvalue weighted by Gasteiger charge is 2.25. The second kappa shape index (κ2) is 8.90. The number of hydrogen-bond donors (Lipinski definition) is 3. The summed E-state index contributed by atoms with van der Waals surface area (Å²) in [6.07, 6.45) is 7.89. The molecule has 35 heavy (non-hydrogen) atoms. The summed E-state index contributed by atoms with van der Waals surface area (Å²) in [5.74, 6) is 1.53. The molecule has 6 rings (SSSR count). The molecule has 3 aromatic heterocycles. The number of amides is 1. The van der Waals surface area contributed by atoms with Gasteiger partial charge in [0.15, 0.2) is 0 Å². The molecule has 178 valence electrons. The number of hydrogen-bond acceptors (Lipinski definition) is 7. The molecule has 1 aromatic carbocycles. The highest BCUT2D eigenvalue weighted by atomic mass is 16.2. The number of H-pyrrole nitrogens is 1. The molecule has 2 aliphatic rings. The first-order chi connectivity index (χ1) is 17.1. The van der Waals surface area contributed by atoms with Crippen LogP contribution in [0.4, 0.5) is 23.1 Å². The molecule has 1 aliphatic heterocycles. The molecule has 1 saturated heterocycles. The van der Waals surface area contributed by atoms with E-state index in [9.17, 15) is 4.79 Å². The van der Waals surface area contributed by atoms with Crippen LogP contribution in [0.1, 0.15) is 19.8 Å². The second-order valence-corrected chi connectivity index (χ2v) is 9.14. The first-order valence-corrected chi connectivity index (χ1v) is 12.1. The summed E-state index contributed by atoms with van der Waals surface area (Å²) in [7, 11) is 0. The molecule has 3 N–H and O–H groups in total. The molecular weight excluding hydrogens is 440 g/mol. The zero-order valence-corrected chi connectivity index (χ0v) is 19.7. The van der Waals surface area contributed by atoms with Crippen LogP contribution < -0.4 is 15.5 Å². The molecule has 4 heterocycles. The maximum absolute atomic E-state index is 11.6. The van der Waals surface area contributed by atoms with Crippen molar-refractivity contribution in [1.82, 2.24) is 24.8 Å². The fraction of sp³-hybridized carbons (Fsp3) is 0.308. The van der Waals surface area contributed by atoms with Gasteiger partial charge in [-0.15, -0.1) is 0 Å². The standard InChI is InChI=1S/C26H28N8O/c1-17(35)33-12-14-34(15-13-33)21-6-4-20(5-7-21)30-26-31-24-23(25(32-26)29-19-2-3-19)22(16-28-24)18-8-10-27-11-9-18/h4-11,16,19H,2-3,12-15H2,1H3,(H3,28,29,30,31,32). The average Bonchev–Trinajstić information content (AvgIpc) is 3.60. The van der Waals surface area contributed by atoms with Crippen LogP contribution in [0.25, 0.3) is 22.2 Å². The fourth-order valence-electron chi connectivity index (χ4n) is 4.54. The zero-order chi connectivity index (χ0) is 23.8. The molecule has 4 aromatic rings. The molecule has 0 spiro atoms. The summed E-state index contributed by atoms with van der Waals surface area (Å²) in [5, 5.41) is 7.95. The number of rotatable bonds is 6.